The predicted octanol–water partition coefficient (Wildman–Crippen LogP) is 2.50. The standard InChI is InChI=1S/2C2H6.CH2O.CH4/c3*1-2;/h2*1-2H3;1H2;1H4. The van der Waals surface area contributed by atoms with Gasteiger partial charge in [-0.15, -0.1) is 0 Å². The van der Waals surface area contributed by atoms with E-state index in [1.165, 1.54) is 0 Å². The van der Waals surface area contributed by atoms with Crippen LogP contribution in [0, 0.1) is 0 Å². The minimum absolute atomic E-state index is 0. The quantitative estimate of drug-likeness (QED) is 0.463. The molecule has 0 aliphatic heterocycles. The van der Waals surface area contributed by atoms with Gasteiger partial charge in [0.1, 0.15) is 6.79 Å². The lowest BCUT2D eigenvalue weighted by molar-refractivity contribution is -0.0979. The van der Waals surface area contributed by atoms with Crippen molar-refractivity contribution in [1.82, 2.24) is 0 Å². The second-order valence-electron chi connectivity index (χ2n) is 0. The summed E-state index contributed by atoms with van der Waals surface area (Å²) in [5.74, 6) is 0. The smallest absolute Gasteiger partial charge is 0.106 e. The largest absolute Gasteiger partial charge is 0.307 e. The van der Waals surface area contributed by atoms with Crippen LogP contribution in [0.4, 0.5) is 0 Å². The first kappa shape index (κ1) is 30.1. The second-order valence-corrected chi connectivity index (χ2v) is 0. The maximum Gasteiger partial charge on any atom is 0.106 e. The summed E-state index contributed by atoms with van der Waals surface area (Å²) in [6.07, 6.45) is 0. The maximum absolute atomic E-state index is 8.00. The molecular formula is C6H18O. The van der Waals surface area contributed by atoms with E-state index >= 15 is 0 Å². The van der Waals surface area contributed by atoms with E-state index in [1.54, 1.807) is 0 Å². The molecule has 0 atom stereocenters. The first-order chi connectivity index (χ1) is 3.00. The zero-order valence-corrected chi connectivity index (χ0v) is 5.12. The maximum atomic E-state index is 8.00. The van der Waals surface area contributed by atoms with Crippen LogP contribution in [0.5, 0.6) is 0 Å². The van der Waals surface area contributed by atoms with Gasteiger partial charge < -0.3 is 4.79 Å². The van der Waals surface area contributed by atoms with Gasteiger partial charge in [0.25, 0.3) is 0 Å². The van der Waals surface area contributed by atoms with Crippen molar-refractivity contribution in [3.63, 3.8) is 0 Å². The molecule has 0 bridgehead atoms. The summed E-state index contributed by atoms with van der Waals surface area (Å²) in [7, 11) is 0. The fourth-order valence-electron chi connectivity index (χ4n) is 0. The van der Waals surface area contributed by atoms with Crippen molar-refractivity contribution in [2.24, 2.45) is 0 Å². The van der Waals surface area contributed by atoms with Crippen molar-refractivity contribution in [3.8, 4) is 0 Å². The minimum Gasteiger partial charge on any atom is -0.307 e. The van der Waals surface area contributed by atoms with Gasteiger partial charge in [-0.1, -0.05) is 35.1 Å². The molecule has 0 radical (unpaired) electrons. The highest BCUT2D eigenvalue weighted by Crippen LogP contribution is 1.15. The van der Waals surface area contributed by atoms with Gasteiger partial charge in [-0.2, -0.15) is 0 Å². The van der Waals surface area contributed by atoms with Crippen LogP contribution >= 0.6 is 0 Å². The number of carbonyl (C=O) groups excluding carboxylic acids is 1. The summed E-state index contributed by atoms with van der Waals surface area (Å²) in [5, 5.41) is 0. The molecule has 0 rings (SSSR count). The van der Waals surface area contributed by atoms with Gasteiger partial charge in [-0.25, -0.2) is 0 Å². The summed E-state index contributed by atoms with van der Waals surface area (Å²) in [4.78, 5) is 8.00. The molecule has 0 aliphatic carbocycles. The van der Waals surface area contributed by atoms with E-state index < -0.39 is 0 Å². The molecule has 0 N–H and O–H groups in total. The van der Waals surface area contributed by atoms with E-state index in [9.17, 15) is 0 Å². The van der Waals surface area contributed by atoms with E-state index in [0.29, 0.717) is 0 Å². The van der Waals surface area contributed by atoms with E-state index in [1.807, 2.05) is 34.5 Å². The summed E-state index contributed by atoms with van der Waals surface area (Å²) in [6, 6.07) is 0. The first-order valence-corrected chi connectivity index (χ1v) is 2.29. The molecule has 0 aliphatic rings. The second kappa shape index (κ2) is 1140. The lowest BCUT2D eigenvalue weighted by Crippen LogP contribution is -0.925. The van der Waals surface area contributed by atoms with Crippen LogP contribution in [0.3, 0.4) is 0 Å². The molecule has 0 spiro atoms. The highest BCUT2D eigenvalue weighted by atomic mass is 16.1. The Morgan fingerprint density at radius 3 is 0.857 bits per heavy atom. The lowest BCUT2D eigenvalue weighted by atomic mass is 11.0. The topological polar surface area (TPSA) is 17.1 Å². The third-order valence-electron chi connectivity index (χ3n) is 0. The molecule has 48 valence electrons. The number of hydrogen-bond acceptors (Lipinski definition) is 1. The number of rotatable bonds is 0. The Bertz CT molecular complexity index is 4.14. The van der Waals surface area contributed by atoms with Gasteiger partial charge in [0.15, 0.2) is 0 Å². The van der Waals surface area contributed by atoms with Crippen LogP contribution in [-0.4, -0.2) is 6.79 Å². The molecule has 0 saturated carbocycles. The third kappa shape index (κ3) is 701. The van der Waals surface area contributed by atoms with E-state index in [4.69, 9.17) is 4.79 Å². The average Bonchev–Trinajstić information content (AvgIpc) is 1.81. The van der Waals surface area contributed by atoms with Gasteiger partial charge in [-0.3, -0.25) is 0 Å². The Morgan fingerprint density at radius 1 is 0.857 bits per heavy atom. The molecule has 0 aromatic heterocycles. The predicted molar refractivity (Wildman–Crippen MR) is 36.5 cm³/mol. The highest BCUT2D eigenvalue weighted by molar-refractivity contribution is 5.10. The van der Waals surface area contributed by atoms with Crippen molar-refractivity contribution in [2.75, 3.05) is 0 Å². The first-order valence-electron chi connectivity index (χ1n) is 2.29. The van der Waals surface area contributed by atoms with Gasteiger partial charge in [-0.05, 0) is 0 Å². The van der Waals surface area contributed by atoms with Crippen LogP contribution in [-0.2, 0) is 4.79 Å². The molecule has 0 aromatic rings. The molecule has 0 unspecified atom stereocenters. The Kier molecular flexibility index (Phi) is 4880. The molecule has 0 saturated heterocycles. The number of hydrogen-bond donors (Lipinski definition) is 0. The Hall–Kier alpha value is -0.330. The van der Waals surface area contributed by atoms with Crippen LogP contribution in [0.1, 0.15) is 35.1 Å². The zero-order valence-electron chi connectivity index (χ0n) is 5.12. The van der Waals surface area contributed by atoms with Gasteiger partial charge in [0, 0.05) is 0 Å². The Morgan fingerprint density at radius 2 is 0.857 bits per heavy atom. The molecular weight excluding hydrogens is 88.1 g/mol. The van der Waals surface area contributed by atoms with Gasteiger partial charge in [0.2, 0.25) is 0 Å². The normalized spacial score (nSPS) is 2.29. The van der Waals surface area contributed by atoms with Gasteiger partial charge in [0.05, 0.1) is 0 Å². The Labute approximate surface area is 47.7 Å². The molecule has 0 fully saturated rings. The van der Waals surface area contributed by atoms with Crippen molar-refractivity contribution < 1.29 is 4.79 Å². The molecule has 1 nitrogen and oxygen atoms in total. The highest BCUT2D eigenvalue weighted by Gasteiger charge is 0.934. The lowest BCUT2D eigenvalue weighted by Gasteiger charge is -1.07. The minimum atomic E-state index is 0. The van der Waals surface area contributed by atoms with Crippen LogP contribution < -0.4 is 0 Å². The van der Waals surface area contributed by atoms with Crippen molar-refractivity contribution in [3.05, 3.63) is 0 Å². The summed E-state index contributed by atoms with van der Waals surface area (Å²) in [5.41, 5.74) is 0. The van der Waals surface area contributed by atoms with Crippen LogP contribution in [0.25, 0.3) is 0 Å². The van der Waals surface area contributed by atoms with E-state index in [2.05, 4.69) is 0 Å². The monoisotopic (exact) mass is 106 g/mol. The zero-order chi connectivity index (χ0) is 6.00. The molecule has 7 heavy (non-hydrogen) atoms. The molecule has 1 heteroatoms. The summed E-state index contributed by atoms with van der Waals surface area (Å²) < 4.78 is 0. The van der Waals surface area contributed by atoms with Crippen LogP contribution in [0.2, 0.25) is 0 Å². The average molecular weight is 106 g/mol. The fraction of sp³-hybridized carbons (Fsp3) is 0.833. The fourth-order valence-corrected chi connectivity index (χ4v) is 0. The third-order valence-corrected chi connectivity index (χ3v) is 0. The Balaban J connectivity index is -0.00000000900. The van der Waals surface area contributed by atoms with E-state index in [-0.39, 0.29) is 7.43 Å². The molecule has 0 amide bonds. The van der Waals surface area contributed by atoms with Crippen molar-refractivity contribution in [2.45, 2.75) is 35.1 Å². The van der Waals surface area contributed by atoms with Crippen molar-refractivity contribution in [1.29, 1.82) is 0 Å². The van der Waals surface area contributed by atoms with Gasteiger partial charge >= 0.3 is 0 Å². The number of carbonyl (C=O) groups is 1. The SMILES string of the molecule is C.C=O.CC.CC. The summed E-state index contributed by atoms with van der Waals surface area (Å²) in [6.45, 7) is 10.0. The van der Waals surface area contributed by atoms with Crippen LogP contribution in [0.15, 0.2) is 0 Å². The van der Waals surface area contributed by atoms with Crippen molar-refractivity contribution >= 4 is 6.79 Å². The molecule has 0 aromatic carbocycles. The summed E-state index contributed by atoms with van der Waals surface area (Å²) >= 11 is 0. The molecule has 0 heterocycles. The van der Waals surface area contributed by atoms with E-state index in [0.717, 1.165) is 0 Å².